The fourth-order valence-electron chi connectivity index (χ4n) is 3.28. The van der Waals surface area contributed by atoms with E-state index in [4.69, 9.17) is 4.74 Å². The molecule has 0 spiro atoms. The van der Waals surface area contributed by atoms with Crippen LogP contribution < -0.4 is 4.74 Å². The Kier molecular flexibility index (Phi) is 6.06. The van der Waals surface area contributed by atoms with Crippen molar-refractivity contribution in [3.8, 4) is 5.75 Å². The van der Waals surface area contributed by atoms with Gasteiger partial charge < -0.3 is 14.7 Å². The zero-order valence-corrected chi connectivity index (χ0v) is 14.9. The highest BCUT2D eigenvalue weighted by atomic mass is 19.1. The molecule has 0 atom stereocenters. The van der Waals surface area contributed by atoms with Crippen LogP contribution in [0.15, 0.2) is 48.5 Å². The van der Waals surface area contributed by atoms with Crippen LogP contribution in [0, 0.1) is 5.82 Å². The second-order valence-electron chi connectivity index (χ2n) is 6.61. The summed E-state index contributed by atoms with van der Waals surface area (Å²) in [5.41, 5.74) is 0.921. The molecule has 0 bridgehead atoms. The summed E-state index contributed by atoms with van der Waals surface area (Å²) in [6.45, 7) is 1.20. The Labute approximate surface area is 157 Å². The van der Waals surface area contributed by atoms with Gasteiger partial charge in [-0.05, 0) is 42.3 Å². The highest BCUT2D eigenvalue weighted by molar-refractivity contribution is 5.89. The van der Waals surface area contributed by atoms with E-state index in [-0.39, 0.29) is 29.8 Å². The lowest BCUT2D eigenvalue weighted by atomic mass is 10.0. The van der Waals surface area contributed by atoms with Crippen LogP contribution in [0.2, 0.25) is 0 Å². The fourth-order valence-corrected chi connectivity index (χ4v) is 3.28. The van der Waals surface area contributed by atoms with Crippen LogP contribution in [0.3, 0.4) is 0 Å². The third-order valence-corrected chi connectivity index (χ3v) is 4.77. The standard InChI is InChI=1S/C21H22FNO4/c22-16-6-8-17(9-7-16)27-18-11-13-23(14-12-18)20(24)10-5-15-3-1-2-4-19(15)21(25)26/h1-4,6-9,18H,5,10-14H2,(H,25,26). The Hall–Kier alpha value is -2.89. The Morgan fingerprint density at radius 3 is 2.41 bits per heavy atom. The van der Waals surface area contributed by atoms with Crippen molar-refractivity contribution in [2.24, 2.45) is 0 Å². The molecule has 0 aliphatic carbocycles. The lowest BCUT2D eigenvalue weighted by Crippen LogP contribution is -2.41. The van der Waals surface area contributed by atoms with Gasteiger partial charge in [-0.1, -0.05) is 18.2 Å². The van der Waals surface area contributed by atoms with Gasteiger partial charge in [-0.25, -0.2) is 9.18 Å². The summed E-state index contributed by atoms with van der Waals surface area (Å²) < 4.78 is 18.8. The van der Waals surface area contributed by atoms with Crippen molar-refractivity contribution in [2.45, 2.75) is 31.8 Å². The highest BCUT2D eigenvalue weighted by Gasteiger charge is 2.24. The average Bonchev–Trinajstić information content (AvgIpc) is 2.68. The number of nitrogens with zero attached hydrogens (tertiary/aromatic N) is 1. The van der Waals surface area contributed by atoms with E-state index >= 15 is 0 Å². The van der Waals surface area contributed by atoms with Crippen LogP contribution in [-0.4, -0.2) is 41.1 Å². The molecular formula is C21H22FNO4. The second kappa shape index (κ2) is 8.66. The number of benzene rings is 2. The number of aromatic carboxylic acids is 1. The molecule has 1 fully saturated rings. The number of likely N-dealkylation sites (tertiary alicyclic amines) is 1. The Bertz CT molecular complexity index is 798. The normalized spacial score (nSPS) is 14.8. The molecule has 142 valence electrons. The summed E-state index contributed by atoms with van der Waals surface area (Å²) in [5, 5.41) is 9.22. The summed E-state index contributed by atoms with van der Waals surface area (Å²) in [7, 11) is 0. The van der Waals surface area contributed by atoms with Gasteiger partial charge in [0.1, 0.15) is 17.7 Å². The number of carbonyl (C=O) groups is 2. The van der Waals surface area contributed by atoms with Crippen molar-refractivity contribution in [3.63, 3.8) is 0 Å². The molecule has 5 nitrogen and oxygen atoms in total. The number of piperidine rings is 1. The van der Waals surface area contributed by atoms with Gasteiger partial charge in [-0.2, -0.15) is 0 Å². The van der Waals surface area contributed by atoms with Crippen molar-refractivity contribution >= 4 is 11.9 Å². The minimum atomic E-state index is -0.975. The van der Waals surface area contributed by atoms with E-state index in [1.165, 1.54) is 12.1 Å². The number of hydrogen-bond donors (Lipinski definition) is 1. The molecule has 27 heavy (non-hydrogen) atoms. The van der Waals surface area contributed by atoms with Crippen LogP contribution >= 0.6 is 0 Å². The lowest BCUT2D eigenvalue weighted by molar-refractivity contribution is -0.132. The molecule has 1 N–H and O–H groups in total. The van der Waals surface area contributed by atoms with Crippen molar-refractivity contribution in [1.29, 1.82) is 0 Å². The summed E-state index contributed by atoms with van der Waals surface area (Å²) >= 11 is 0. The Balaban J connectivity index is 1.47. The van der Waals surface area contributed by atoms with E-state index in [0.29, 0.717) is 30.8 Å². The number of aryl methyl sites for hydroxylation is 1. The molecule has 0 radical (unpaired) electrons. The maximum atomic E-state index is 12.9. The summed E-state index contributed by atoms with van der Waals surface area (Å²) in [5.74, 6) is -0.620. The van der Waals surface area contributed by atoms with Crippen LogP contribution in [-0.2, 0) is 11.2 Å². The zero-order chi connectivity index (χ0) is 19.2. The van der Waals surface area contributed by atoms with Crippen LogP contribution in [0.4, 0.5) is 4.39 Å². The molecule has 6 heteroatoms. The number of halogens is 1. The number of carbonyl (C=O) groups excluding carboxylic acids is 1. The molecule has 3 rings (SSSR count). The van der Waals surface area contributed by atoms with Crippen molar-refractivity contribution in [1.82, 2.24) is 4.90 Å². The van der Waals surface area contributed by atoms with E-state index in [1.54, 1.807) is 41.3 Å². The molecule has 0 saturated carbocycles. The molecule has 1 aliphatic heterocycles. The quantitative estimate of drug-likeness (QED) is 0.844. The number of hydrogen-bond acceptors (Lipinski definition) is 3. The summed E-state index contributed by atoms with van der Waals surface area (Å²) in [6, 6.07) is 12.7. The first-order valence-corrected chi connectivity index (χ1v) is 9.04. The molecule has 1 saturated heterocycles. The lowest BCUT2D eigenvalue weighted by Gasteiger charge is -2.32. The molecule has 1 heterocycles. The zero-order valence-electron chi connectivity index (χ0n) is 14.9. The minimum absolute atomic E-state index is 0.00671. The predicted octanol–water partition coefficient (Wildman–Crippen LogP) is 3.53. The first kappa shape index (κ1) is 18.9. The van der Waals surface area contributed by atoms with Gasteiger partial charge in [0.2, 0.25) is 5.91 Å². The highest BCUT2D eigenvalue weighted by Crippen LogP contribution is 2.20. The fraction of sp³-hybridized carbons (Fsp3) is 0.333. The maximum Gasteiger partial charge on any atom is 0.335 e. The molecule has 2 aromatic carbocycles. The summed E-state index contributed by atoms with van der Waals surface area (Å²) in [4.78, 5) is 25.5. The maximum absolute atomic E-state index is 12.9. The van der Waals surface area contributed by atoms with E-state index < -0.39 is 5.97 Å². The van der Waals surface area contributed by atoms with Crippen molar-refractivity contribution < 1.29 is 23.8 Å². The predicted molar refractivity (Wildman–Crippen MR) is 98.4 cm³/mol. The molecule has 2 aromatic rings. The minimum Gasteiger partial charge on any atom is -0.490 e. The molecular weight excluding hydrogens is 349 g/mol. The van der Waals surface area contributed by atoms with Gasteiger partial charge in [0, 0.05) is 32.4 Å². The number of rotatable bonds is 6. The van der Waals surface area contributed by atoms with Crippen molar-refractivity contribution in [2.75, 3.05) is 13.1 Å². The van der Waals surface area contributed by atoms with Crippen LogP contribution in [0.5, 0.6) is 5.75 Å². The average molecular weight is 371 g/mol. The van der Waals surface area contributed by atoms with Gasteiger partial charge in [0.05, 0.1) is 5.56 Å². The molecule has 1 amide bonds. The third-order valence-electron chi connectivity index (χ3n) is 4.77. The SMILES string of the molecule is O=C(O)c1ccccc1CCC(=O)N1CCC(Oc2ccc(F)cc2)CC1. The number of amides is 1. The van der Waals surface area contributed by atoms with Crippen molar-refractivity contribution in [3.05, 3.63) is 65.5 Å². The largest absolute Gasteiger partial charge is 0.490 e. The van der Waals surface area contributed by atoms with E-state index in [2.05, 4.69) is 0 Å². The molecule has 1 aliphatic rings. The Morgan fingerprint density at radius 1 is 1.07 bits per heavy atom. The summed E-state index contributed by atoms with van der Waals surface area (Å²) in [6.07, 6.45) is 2.14. The number of carboxylic acids is 1. The molecule has 0 unspecified atom stereocenters. The number of carboxylic acid groups (broad SMARTS) is 1. The van der Waals surface area contributed by atoms with Gasteiger partial charge >= 0.3 is 5.97 Å². The number of ether oxygens (including phenoxy) is 1. The monoisotopic (exact) mass is 371 g/mol. The van der Waals surface area contributed by atoms with E-state index in [9.17, 15) is 19.1 Å². The van der Waals surface area contributed by atoms with Gasteiger partial charge in [0.15, 0.2) is 0 Å². The first-order valence-electron chi connectivity index (χ1n) is 9.04. The van der Waals surface area contributed by atoms with Gasteiger partial charge in [-0.3, -0.25) is 4.79 Å². The first-order chi connectivity index (χ1) is 13.0. The second-order valence-corrected chi connectivity index (χ2v) is 6.61. The third kappa shape index (κ3) is 5.06. The molecule has 0 aromatic heterocycles. The van der Waals surface area contributed by atoms with E-state index in [1.807, 2.05) is 0 Å². The van der Waals surface area contributed by atoms with Gasteiger partial charge in [-0.15, -0.1) is 0 Å². The topological polar surface area (TPSA) is 66.8 Å². The van der Waals surface area contributed by atoms with Gasteiger partial charge in [0.25, 0.3) is 0 Å². The Morgan fingerprint density at radius 2 is 1.74 bits per heavy atom. The van der Waals surface area contributed by atoms with Crippen LogP contribution in [0.1, 0.15) is 35.2 Å². The smallest absolute Gasteiger partial charge is 0.335 e. The van der Waals surface area contributed by atoms with Crippen LogP contribution in [0.25, 0.3) is 0 Å². The van der Waals surface area contributed by atoms with E-state index in [0.717, 1.165) is 12.8 Å².